The first-order valence-corrected chi connectivity index (χ1v) is 10.2. The van der Waals surface area contributed by atoms with E-state index in [4.69, 9.17) is 4.74 Å². The molecule has 2 unspecified atom stereocenters. The second-order valence-corrected chi connectivity index (χ2v) is 7.83. The van der Waals surface area contributed by atoms with Gasteiger partial charge in [0.25, 0.3) is 5.91 Å². The van der Waals surface area contributed by atoms with Crippen LogP contribution in [0.2, 0.25) is 0 Å². The van der Waals surface area contributed by atoms with Gasteiger partial charge in [-0.15, -0.1) is 11.8 Å². The number of hydrogen-bond donors (Lipinski definition) is 2. The third kappa shape index (κ3) is 7.30. The molecule has 0 saturated heterocycles. The molecule has 9 nitrogen and oxygen atoms in total. The predicted octanol–water partition coefficient (Wildman–Crippen LogP) is 3.50. The van der Waals surface area contributed by atoms with Crippen molar-refractivity contribution < 1.29 is 32.8 Å². The van der Waals surface area contributed by atoms with Crippen molar-refractivity contribution in [1.82, 2.24) is 0 Å². The maximum Gasteiger partial charge on any atom is 0.319 e. The lowest BCUT2D eigenvalue weighted by molar-refractivity contribution is -0.387. The molecule has 0 saturated carbocycles. The summed E-state index contributed by atoms with van der Waals surface area (Å²) in [5.74, 6) is -3.52. The second-order valence-electron chi connectivity index (χ2n) is 6.50. The normalized spacial score (nSPS) is 12.4. The fourth-order valence-electron chi connectivity index (χ4n) is 2.30. The van der Waals surface area contributed by atoms with Crippen molar-refractivity contribution in [3.8, 4) is 0 Å². The number of nitrogens with zero attached hydrogens (tertiary/aromatic N) is 1. The molecular formula is C20H19F2N3O6S. The smallest absolute Gasteiger partial charge is 0.319 e. The quantitative estimate of drug-likeness (QED) is 0.328. The molecule has 2 atom stereocenters. The number of hydrogen-bond acceptors (Lipinski definition) is 7. The number of carbonyl (C=O) groups excluding carboxylic acids is 3. The summed E-state index contributed by atoms with van der Waals surface area (Å²) in [7, 11) is 0. The summed E-state index contributed by atoms with van der Waals surface area (Å²) >= 11 is 0.970. The highest BCUT2D eigenvalue weighted by molar-refractivity contribution is 8.01. The van der Waals surface area contributed by atoms with Crippen molar-refractivity contribution in [2.45, 2.75) is 25.2 Å². The largest absolute Gasteiger partial charge is 0.452 e. The van der Waals surface area contributed by atoms with Crippen LogP contribution in [0, 0.1) is 21.7 Å². The fraction of sp³-hybridized carbons (Fsp3) is 0.250. The van der Waals surface area contributed by atoms with Gasteiger partial charge in [-0.05, 0) is 50.2 Å². The van der Waals surface area contributed by atoms with Crippen molar-refractivity contribution in [2.75, 3.05) is 16.4 Å². The zero-order valence-electron chi connectivity index (χ0n) is 17.0. The molecule has 0 aromatic heterocycles. The highest BCUT2D eigenvalue weighted by Crippen LogP contribution is 2.22. The molecule has 2 amide bonds. The summed E-state index contributed by atoms with van der Waals surface area (Å²) in [5, 5.41) is 14.8. The Hall–Kier alpha value is -3.54. The molecule has 32 heavy (non-hydrogen) atoms. The van der Waals surface area contributed by atoms with Crippen LogP contribution in [-0.4, -0.2) is 39.8 Å². The number of carbonyl (C=O) groups is 3. The summed E-state index contributed by atoms with van der Waals surface area (Å²) in [5.41, 5.74) is -0.444. The fourth-order valence-corrected chi connectivity index (χ4v) is 2.96. The standard InChI is InChI=1S/C20H19F2N3O6S/c1-11(19(27)24-15-7-8-16(22)17(9-15)25(29)30)31-20(28)12(2)32-10-18(26)23-14-5-3-13(21)4-6-14/h3-9,11-12H,10H2,1-2H3,(H,23,26)(H,24,27). The van der Waals surface area contributed by atoms with Gasteiger partial charge in [0.2, 0.25) is 11.7 Å². The lowest BCUT2D eigenvalue weighted by Gasteiger charge is -2.16. The maximum atomic E-state index is 13.4. The highest BCUT2D eigenvalue weighted by atomic mass is 32.2. The number of benzene rings is 2. The lowest BCUT2D eigenvalue weighted by Crippen LogP contribution is -2.33. The number of rotatable bonds is 9. The third-order valence-electron chi connectivity index (χ3n) is 4.00. The van der Waals surface area contributed by atoms with Crippen LogP contribution in [0.15, 0.2) is 42.5 Å². The van der Waals surface area contributed by atoms with Crippen molar-refractivity contribution in [3.05, 3.63) is 64.2 Å². The molecule has 0 heterocycles. The topological polar surface area (TPSA) is 128 Å². The first kappa shape index (κ1) is 24.7. The van der Waals surface area contributed by atoms with Gasteiger partial charge >= 0.3 is 11.7 Å². The van der Waals surface area contributed by atoms with E-state index in [0.717, 1.165) is 30.0 Å². The first-order chi connectivity index (χ1) is 15.1. The second kappa shape index (κ2) is 11.2. The number of thioether (sulfide) groups is 1. The van der Waals surface area contributed by atoms with E-state index in [9.17, 15) is 33.3 Å². The van der Waals surface area contributed by atoms with E-state index in [-0.39, 0.29) is 11.4 Å². The Balaban J connectivity index is 1.82. The predicted molar refractivity (Wildman–Crippen MR) is 114 cm³/mol. The van der Waals surface area contributed by atoms with Crippen molar-refractivity contribution in [2.24, 2.45) is 0 Å². The molecule has 0 aliphatic rings. The zero-order valence-corrected chi connectivity index (χ0v) is 17.8. The summed E-state index contributed by atoms with van der Waals surface area (Å²) < 4.78 is 31.3. The summed E-state index contributed by atoms with van der Waals surface area (Å²) in [6.07, 6.45) is -1.25. The SMILES string of the molecule is CC(OC(=O)C(C)SCC(=O)Nc1ccc(F)cc1)C(=O)Nc1ccc(F)c([N+](=O)[O-])c1. The van der Waals surface area contributed by atoms with Gasteiger partial charge in [0.15, 0.2) is 6.10 Å². The molecule has 170 valence electrons. The molecule has 0 aliphatic carbocycles. The first-order valence-electron chi connectivity index (χ1n) is 9.19. The third-order valence-corrected chi connectivity index (χ3v) is 5.12. The Kier molecular flexibility index (Phi) is 8.64. The Morgan fingerprint density at radius 2 is 1.69 bits per heavy atom. The van der Waals surface area contributed by atoms with Gasteiger partial charge < -0.3 is 15.4 Å². The van der Waals surface area contributed by atoms with E-state index >= 15 is 0 Å². The number of esters is 1. The summed E-state index contributed by atoms with van der Waals surface area (Å²) in [6.45, 7) is 2.79. The van der Waals surface area contributed by atoms with E-state index < -0.39 is 51.4 Å². The van der Waals surface area contributed by atoms with Crippen LogP contribution in [0.4, 0.5) is 25.8 Å². The van der Waals surface area contributed by atoms with Crippen LogP contribution in [0.5, 0.6) is 0 Å². The van der Waals surface area contributed by atoms with E-state index in [1.807, 2.05) is 0 Å². The van der Waals surface area contributed by atoms with Gasteiger partial charge in [-0.1, -0.05) is 0 Å². The van der Waals surface area contributed by atoms with Crippen molar-refractivity contribution in [3.63, 3.8) is 0 Å². The zero-order chi connectivity index (χ0) is 23.8. The average molecular weight is 467 g/mol. The van der Waals surface area contributed by atoms with Crippen LogP contribution in [0.25, 0.3) is 0 Å². The molecule has 0 radical (unpaired) electrons. The molecule has 0 bridgehead atoms. The van der Waals surface area contributed by atoms with Crippen molar-refractivity contribution >= 4 is 46.6 Å². The summed E-state index contributed by atoms with van der Waals surface area (Å²) in [4.78, 5) is 46.1. The van der Waals surface area contributed by atoms with Gasteiger partial charge in [-0.3, -0.25) is 24.5 Å². The number of nitro groups is 1. The minimum atomic E-state index is -1.25. The van der Waals surface area contributed by atoms with E-state index in [1.54, 1.807) is 0 Å². The molecule has 0 aliphatic heterocycles. The average Bonchev–Trinajstić information content (AvgIpc) is 2.74. The molecule has 2 aromatic carbocycles. The molecule has 0 spiro atoms. The van der Waals surface area contributed by atoms with E-state index in [2.05, 4.69) is 10.6 Å². The lowest BCUT2D eigenvalue weighted by atomic mass is 10.2. The van der Waals surface area contributed by atoms with Crippen LogP contribution in [-0.2, 0) is 19.1 Å². The van der Waals surface area contributed by atoms with Crippen LogP contribution >= 0.6 is 11.8 Å². The van der Waals surface area contributed by atoms with Crippen LogP contribution < -0.4 is 10.6 Å². The van der Waals surface area contributed by atoms with Crippen molar-refractivity contribution in [1.29, 1.82) is 0 Å². The van der Waals surface area contributed by atoms with Crippen LogP contribution in [0.3, 0.4) is 0 Å². The molecular weight excluding hydrogens is 448 g/mol. The summed E-state index contributed by atoms with van der Waals surface area (Å²) in [6, 6.07) is 7.99. The minimum absolute atomic E-state index is 0.0362. The number of nitro benzene ring substituents is 1. The number of nitrogens with one attached hydrogen (secondary N) is 2. The van der Waals surface area contributed by atoms with Gasteiger partial charge in [-0.25, -0.2) is 4.39 Å². The number of ether oxygens (including phenoxy) is 1. The van der Waals surface area contributed by atoms with Gasteiger partial charge in [-0.2, -0.15) is 4.39 Å². The Labute approximate surface area is 185 Å². The number of anilines is 2. The number of halogens is 2. The molecule has 2 rings (SSSR count). The number of amides is 2. The Morgan fingerprint density at radius 3 is 2.31 bits per heavy atom. The van der Waals surface area contributed by atoms with Crippen LogP contribution in [0.1, 0.15) is 13.8 Å². The molecule has 0 fully saturated rings. The van der Waals surface area contributed by atoms with E-state index in [0.29, 0.717) is 5.69 Å². The molecule has 2 aromatic rings. The monoisotopic (exact) mass is 467 g/mol. The minimum Gasteiger partial charge on any atom is -0.452 e. The van der Waals surface area contributed by atoms with Gasteiger partial charge in [0.05, 0.1) is 10.7 Å². The maximum absolute atomic E-state index is 13.4. The van der Waals surface area contributed by atoms with Gasteiger partial charge in [0.1, 0.15) is 11.1 Å². The molecule has 12 heteroatoms. The molecule has 2 N–H and O–H groups in total. The Morgan fingerprint density at radius 1 is 1.06 bits per heavy atom. The van der Waals surface area contributed by atoms with E-state index in [1.165, 1.54) is 38.1 Å². The Bertz CT molecular complexity index is 1020. The van der Waals surface area contributed by atoms with Gasteiger partial charge in [0, 0.05) is 17.4 Å². The highest BCUT2D eigenvalue weighted by Gasteiger charge is 2.24.